The summed E-state index contributed by atoms with van der Waals surface area (Å²) in [6.07, 6.45) is 1.29. The molecule has 0 unspecified atom stereocenters. The van der Waals surface area contributed by atoms with Gasteiger partial charge >= 0.3 is 0 Å². The molecule has 1 aromatic rings. The van der Waals surface area contributed by atoms with E-state index in [4.69, 9.17) is 27.9 Å². The number of ether oxygens (including phenoxy) is 1. The van der Waals surface area contributed by atoms with E-state index in [1.54, 1.807) is 18.2 Å². The van der Waals surface area contributed by atoms with Gasteiger partial charge in [0.1, 0.15) is 12.4 Å². The fourth-order valence-electron chi connectivity index (χ4n) is 1.92. The number of halogens is 2. The van der Waals surface area contributed by atoms with Gasteiger partial charge in [-0.25, -0.2) is 0 Å². The zero-order valence-electron chi connectivity index (χ0n) is 9.99. The molecule has 1 heterocycles. The molecule has 1 aliphatic rings. The van der Waals surface area contributed by atoms with Gasteiger partial charge in [0.2, 0.25) is 0 Å². The molecule has 0 atom stereocenters. The van der Waals surface area contributed by atoms with Crippen molar-refractivity contribution in [3.05, 3.63) is 28.2 Å². The number of rotatable bonds is 4. The summed E-state index contributed by atoms with van der Waals surface area (Å²) in [5.74, 6) is 0.884. The van der Waals surface area contributed by atoms with Crippen LogP contribution in [0.2, 0.25) is 10.0 Å². The van der Waals surface area contributed by atoms with Crippen molar-refractivity contribution in [1.82, 2.24) is 4.90 Å². The van der Waals surface area contributed by atoms with Gasteiger partial charge in [-0.3, -0.25) is 9.69 Å². The molecule has 1 aromatic carbocycles. The number of ketones is 1. The Labute approximate surface area is 117 Å². The van der Waals surface area contributed by atoms with E-state index in [-0.39, 0.29) is 0 Å². The molecule has 0 amide bonds. The monoisotopic (exact) mass is 287 g/mol. The number of hydrogen-bond acceptors (Lipinski definition) is 3. The number of carbonyl (C=O) groups is 1. The van der Waals surface area contributed by atoms with Crippen molar-refractivity contribution in [2.24, 2.45) is 0 Å². The molecule has 0 aliphatic carbocycles. The van der Waals surface area contributed by atoms with E-state index in [0.717, 1.165) is 19.6 Å². The lowest BCUT2D eigenvalue weighted by molar-refractivity contribution is -0.121. The molecule has 98 valence electrons. The smallest absolute Gasteiger partial charge is 0.156 e. The highest BCUT2D eigenvalue weighted by molar-refractivity contribution is 6.37. The lowest BCUT2D eigenvalue weighted by Crippen LogP contribution is -2.36. The van der Waals surface area contributed by atoms with Gasteiger partial charge in [0.15, 0.2) is 5.75 Å². The summed E-state index contributed by atoms with van der Waals surface area (Å²) in [5, 5.41) is 1.05. The van der Waals surface area contributed by atoms with Crippen LogP contribution in [0, 0.1) is 0 Å². The second kappa shape index (κ2) is 6.41. The van der Waals surface area contributed by atoms with E-state index >= 15 is 0 Å². The molecule has 0 saturated carbocycles. The largest absolute Gasteiger partial charge is 0.489 e. The SMILES string of the molecule is O=C1CCN(CCOc2c(Cl)cccc2Cl)CC1. The van der Waals surface area contributed by atoms with Crippen LogP contribution in [0.3, 0.4) is 0 Å². The normalized spacial score (nSPS) is 16.9. The van der Waals surface area contributed by atoms with Crippen molar-refractivity contribution >= 4 is 29.0 Å². The molecule has 1 saturated heterocycles. The fourth-order valence-corrected chi connectivity index (χ4v) is 2.43. The quantitative estimate of drug-likeness (QED) is 0.853. The van der Waals surface area contributed by atoms with Crippen LogP contribution in [0.1, 0.15) is 12.8 Å². The number of piperidine rings is 1. The maximum absolute atomic E-state index is 11.1. The number of nitrogens with zero attached hydrogens (tertiary/aromatic N) is 1. The predicted molar refractivity (Wildman–Crippen MR) is 72.6 cm³/mol. The molecule has 0 bridgehead atoms. The van der Waals surface area contributed by atoms with Gasteiger partial charge in [0.25, 0.3) is 0 Å². The third-order valence-electron chi connectivity index (χ3n) is 2.99. The predicted octanol–water partition coefficient (Wildman–Crippen LogP) is 3.04. The van der Waals surface area contributed by atoms with Gasteiger partial charge in [-0.15, -0.1) is 0 Å². The van der Waals surface area contributed by atoms with Crippen molar-refractivity contribution in [3.8, 4) is 5.75 Å². The van der Waals surface area contributed by atoms with Gasteiger partial charge in [-0.1, -0.05) is 29.3 Å². The molecular formula is C13H15Cl2NO2. The molecule has 0 spiro atoms. The zero-order chi connectivity index (χ0) is 13.0. The second-order valence-electron chi connectivity index (χ2n) is 4.28. The minimum atomic E-state index is 0.348. The summed E-state index contributed by atoms with van der Waals surface area (Å²) in [4.78, 5) is 13.3. The average molecular weight is 288 g/mol. The van der Waals surface area contributed by atoms with Crippen molar-refractivity contribution in [3.63, 3.8) is 0 Å². The van der Waals surface area contributed by atoms with E-state index in [1.807, 2.05) is 0 Å². The lowest BCUT2D eigenvalue weighted by Gasteiger charge is -2.25. The molecule has 0 radical (unpaired) electrons. The van der Waals surface area contributed by atoms with Crippen molar-refractivity contribution in [1.29, 1.82) is 0 Å². The van der Waals surface area contributed by atoms with Gasteiger partial charge in [0, 0.05) is 32.5 Å². The van der Waals surface area contributed by atoms with Crippen molar-refractivity contribution in [2.75, 3.05) is 26.2 Å². The minimum absolute atomic E-state index is 0.348. The van der Waals surface area contributed by atoms with Gasteiger partial charge in [-0.05, 0) is 12.1 Å². The Hall–Kier alpha value is -0.770. The van der Waals surface area contributed by atoms with Crippen LogP contribution in [-0.2, 0) is 4.79 Å². The molecule has 18 heavy (non-hydrogen) atoms. The summed E-state index contributed by atoms with van der Waals surface area (Å²) in [6.45, 7) is 2.95. The van der Waals surface area contributed by atoms with Gasteiger partial charge in [-0.2, -0.15) is 0 Å². The average Bonchev–Trinajstić information content (AvgIpc) is 2.35. The third kappa shape index (κ3) is 3.61. The van der Waals surface area contributed by atoms with Crippen molar-refractivity contribution in [2.45, 2.75) is 12.8 Å². The number of para-hydroxylation sites is 1. The van der Waals surface area contributed by atoms with Crippen LogP contribution in [0.25, 0.3) is 0 Å². The molecule has 1 aliphatic heterocycles. The van der Waals surface area contributed by atoms with E-state index in [1.165, 1.54) is 0 Å². The standard InChI is InChI=1S/C13H15Cl2NO2/c14-11-2-1-3-12(15)13(11)18-9-8-16-6-4-10(17)5-7-16/h1-3H,4-9H2. The van der Waals surface area contributed by atoms with Gasteiger partial charge in [0.05, 0.1) is 10.0 Å². The van der Waals surface area contributed by atoms with E-state index in [2.05, 4.69) is 4.90 Å². The van der Waals surface area contributed by atoms with Crippen LogP contribution in [0.15, 0.2) is 18.2 Å². The Bertz CT molecular complexity index is 407. The molecule has 5 heteroatoms. The summed E-state index contributed by atoms with van der Waals surface area (Å²) >= 11 is 12.0. The molecule has 2 rings (SSSR count). The van der Waals surface area contributed by atoms with E-state index in [0.29, 0.717) is 41.0 Å². The van der Waals surface area contributed by atoms with Crippen LogP contribution in [-0.4, -0.2) is 36.9 Å². The minimum Gasteiger partial charge on any atom is -0.489 e. The maximum Gasteiger partial charge on any atom is 0.156 e. The number of benzene rings is 1. The Balaban J connectivity index is 1.80. The molecule has 0 aromatic heterocycles. The fraction of sp³-hybridized carbons (Fsp3) is 0.462. The molecule has 1 fully saturated rings. The molecule has 0 N–H and O–H groups in total. The summed E-state index contributed by atoms with van der Waals surface area (Å²) in [6, 6.07) is 5.29. The Morgan fingerprint density at radius 1 is 1.17 bits per heavy atom. The second-order valence-corrected chi connectivity index (χ2v) is 5.09. The first kappa shape index (κ1) is 13.7. The van der Waals surface area contributed by atoms with E-state index < -0.39 is 0 Å². The maximum atomic E-state index is 11.1. The lowest BCUT2D eigenvalue weighted by atomic mass is 10.1. The highest BCUT2D eigenvalue weighted by Gasteiger charge is 2.16. The molecule has 3 nitrogen and oxygen atoms in total. The Morgan fingerprint density at radius 2 is 1.78 bits per heavy atom. The zero-order valence-corrected chi connectivity index (χ0v) is 11.5. The van der Waals surface area contributed by atoms with Crippen LogP contribution >= 0.6 is 23.2 Å². The number of likely N-dealkylation sites (tertiary alicyclic amines) is 1. The van der Waals surface area contributed by atoms with E-state index in [9.17, 15) is 4.79 Å². The molecular weight excluding hydrogens is 273 g/mol. The number of hydrogen-bond donors (Lipinski definition) is 0. The van der Waals surface area contributed by atoms with Gasteiger partial charge < -0.3 is 4.74 Å². The third-order valence-corrected chi connectivity index (χ3v) is 3.58. The highest BCUT2D eigenvalue weighted by Crippen LogP contribution is 2.32. The first-order chi connectivity index (χ1) is 8.66. The Kier molecular flexibility index (Phi) is 4.87. The summed E-state index contributed by atoms with van der Waals surface area (Å²) in [5.41, 5.74) is 0. The van der Waals surface area contributed by atoms with Crippen LogP contribution < -0.4 is 4.74 Å². The topological polar surface area (TPSA) is 29.5 Å². The number of Topliss-reactive ketones (excluding diaryl/α,β-unsaturated/α-hetero) is 1. The highest BCUT2D eigenvalue weighted by atomic mass is 35.5. The first-order valence-electron chi connectivity index (χ1n) is 5.97. The summed E-state index contributed by atoms with van der Waals surface area (Å²) < 4.78 is 5.61. The Morgan fingerprint density at radius 3 is 2.39 bits per heavy atom. The summed E-state index contributed by atoms with van der Waals surface area (Å²) in [7, 11) is 0. The first-order valence-corrected chi connectivity index (χ1v) is 6.73. The van der Waals surface area contributed by atoms with Crippen LogP contribution in [0.4, 0.5) is 0 Å². The number of carbonyl (C=O) groups excluding carboxylic acids is 1. The van der Waals surface area contributed by atoms with Crippen LogP contribution in [0.5, 0.6) is 5.75 Å². The van der Waals surface area contributed by atoms with Crippen molar-refractivity contribution < 1.29 is 9.53 Å².